The van der Waals surface area contributed by atoms with Gasteiger partial charge in [-0.15, -0.1) is 10.2 Å². The molecular formula is C46H61Br2F2IN10O2Sn. The molecular weight excluding hydrogens is 1170 g/mol. The van der Waals surface area contributed by atoms with Crippen LogP contribution in [0.4, 0.5) is 8.78 Å². The molecule has 0 radical (unpaired) electrons. The Hall–Kier alpha value is -3.30. The van der Waals surface area contributed by atoms with Crippen LogP contribution >= 0.6 is 54.5 Å². The first kappa shape index (κ1) is 53.3. The predicted octanol–water partition coefficient (Wildman–Crippen LogP) is 12.7. The number of nitrogens with zero attached hydrogens (tertiary/aromatic N) is 10. The number of carbonyl (C=O) groups excluding carboxylic acids is 1. The number of hydrogen-bond acceptors (Lipinski definition) is 8. The summed E-state index contributed by atoms with van der Waals surface area (Å²) < 4.78 is 47.9. The van der Waals surface area contributed by atoms with E-state index in [1.165, 1.54) is 92.9 Å². The van der Waals surface area contributed by atoms with E-state index in [0.29, 0.717) is 18.5 Å². The Morgan fingerprint density at radius 2 is 1.17 bits per heavy atom. The normalized spacial score (nSPS) is 11.2. The SMILES string of the molecule is C=[C](OCC)[Sn]([CH2]CCC)([CH2]CCC)[CH2]CCC.CCn1ncc(Cc2cnnn2-c2ccc(F)cc2C(C)=O)c1Br.CCn1ncc(Cc2cnnn2-c2ccc(F)cc2I)c1Br. The van der Waals surface area contributed by atoms with Gasteiger partial charge in [0, 0.05) is 46.2 Å². The van der Waals surface area contributed by atoms with Gasteiger partial charge >= 0.3 is 120 Å². The molecule has 0 amide bonds. The largest absolute Gasteiger partial charge is 0.294 e. The molecule has 12 nitrogen and oxygen atoms in total. The van der Waals surface area contributed by atoms with Crippen LogP contribution in [0.2, 0.25) is 13.3 Å². The number of unbranched alkanes of at least 4 members (excludes halogenated alkanes) is 3. The first-order chi connectivity index (χ1) is 30.8. The average Bonchev–Trinajstić information content (AvgIpc) is 4.10. The first-order valence-corrected chi connectivity index (χ1v) is 32.2. The number of aryl methyl sites for hydroxylation is 2. The average molecular weight is 1230 g/mol. The summed E-state index contributed by atoms with van der Waals surface area (Å²) in [5, 5.41) is 24.7. The van der Waals surface area contributed by atoms with E-state index in [9.17, 15) is 13.6 Å². The van der Waals surface area contributed by atoms with Gasteiger partial charge in [-0.05, 0) is 112 Å². The van der Waals surface area contributed by atoms with Gasteiger partial charge in [0.05, 0.1) is 47.6 Å². The van der Waals surface area contributed by atoms with Crippen LogP contribution in [0.25, 0.3) is 11.4 Å². The van der Waals surface area contributed by atoms with Gasteiger partial charge < -0.3 is 0 Å². The summed E-state index contributed by atoms with van der Waals surface area (Å²) in [5.74, 6) is -0.953. The molecule has 0 fully saturated rings. The zero-order valence-electron chi connectivity index (χ0n) is 38.1. The summed E-state index contributed by atoms with van der Waals surface area (Å²) in [4.78, 5) is 11.8. The molecule has 64 heavy (non-hydrogen) atoms. The molecule has 0 atom stereocenters. The van der Waals surface area contributed by atoms with Crippen molar-refractivity contribution in [3.05, 3.63) is 124 Å². The van der Waals surface area contributed by atoms with Crippen LogP contribution in [0, 0.1) is 15.2 Å². The molecule has 6 rings (SSSR count). The number of benzene rings is 2. The maximum Gasteiger partial charge on any atom is 0.162 e. The Labute approximate surface area is 411 Å². The van der Waals surface area contributed by atoms with Crippen molar-refractivity contribution in [1.29, 1.82) is 0 Å². The van der Waals surface area contributed by atoms with E-state index < -0.39 is 24.2 Å². The predicted molar refractivity (Wildman–Crippen MR) is 268 cm³/mol. The molecule has 6 aromatic rings. The second-order valence-electron chi connectivity index (χ2n) is 15.4. The molecule has 0 aliphatic rings. The third kappa shape index (κ3) is 14.3. The van der Waals surface area contributed by atoms with Crippen molar-refractivity contribution in [3.63, 3.8) is 0 Å². The molecule has 346 valence electrons. The minimum absolute atomic E-state index is 0.231. The fraction of sp³-hybridized carbons (Fsp3) is 0.457. The second-order valence-corrected chi connectivity index (χ2v) is 31.3. The van der Waals surface area contributed by atoms with Crippen LogP contribution in [0.1, 0.15) is 120 Å². The molecule has 0 bridgehead atoms. The topological polar surface area (TPSA) is 123 Å². The summed E-state index contributed by atoms with van der Waals surface area (Å²) >= 11 is 6.95. The Kier molecular flexibility index (Phi) is 22.3. The summed E-state index contributed by atoms with van der Waals surface area (Å²) in [7, 11) is 0. The number of hydrogen-bond donors (Lipinski definition) is 0. The quantitative estimate of drug-likeness (QED) is 0.0302. The number of ketones is 1. The third-order valence-corrected chi connectivity index (χ3v) is 28.6. The van der Waals surface area contributed by atoms with Gasteiger partial charge in [-0.2, -0.15) is 10.2 Å². The van der Waals surface area contributed by atoms with Gasteiger partial charge in [0.1, 0.15) is 20.8 Å². The summed E-state index contributed by atoms with van der Waals surface area (Å²) in [6.07, 6.45) is 16.2. The van der Waals surface area contributed by atoms with Gasteiger partial charge in [-0.25, -0.2) is 18.1 Å². The van der Waals surface area contributed by atoms with E-state index in [4.69, 9.17) is 4.74 Å². The Morgan fingerprint density at radius 1 is 0.719 bits per heavy atom. The Morgan fingerprint density at radius 3 is 1.58 bits per heavy atom. The van der Waals surface area contributed by atoms with Crippen LogP contribution in [0.5, 0.6) is 0 Å². The van der Waals surface area contributed by atoms with Crippen molar-refractivity contribution in [3.8, 4) is 11.4 Å². The van der Waals surface area contributed by atoms with Crippen LogP contribution < -0.4 is 0 Å². The number of rotatable bonds is 21. The molecule has 0 unspecified atom stereocenters. The number of carbonyl (C=O) groups is 1. The number of aromatic nitrogens is 10. The van der Waals surface area contributed by atoms with Crippen molar-refractivity contribution in [2.24, 2.45) is 0 Å². The molecule has 0 N–H and O–H groups in total. The number of halogens is 5. The maximum atomic E-state index is 13.5. The standard InChI is InChI=1S/C16H15BrFN5O.C14H12BrFIN5.C4H7O.3C4H9.Sn/c1-3-22-16(17)11(8-20-22)6-13-9-19-21-23(13)15-5-4-12(18)7-14(15)10(2)24;1-2-21-14(15)9(7-19-21)5-11-8-18-20-22(11)13-4-3-10(16)6-12(13)17;1-3-5-4-2;3*1-3-4-2;/h4-5,7-9H,3,6H2,1-2H3;3-4,6-8H,2,5H2,1H3;1,4H2,2H3;3*1,3-4H2,2H3;. The fourth-order valence-corrected chi connectivity index (χ4v) is 23.9. The van der Waals surface area contributed by atoms with E-state index >= 15 is 0 Å². The molecule has 2 aromatic carbocycles. The number of ether oxygens (including phenoxy) is 1. The van der Waals surface area contributed by atoms with E-state index in [2.05, 4.69) is 120 Å². The fourth-order valence-electron chi connectivity index (χ4n) is 7.34. The summed E-state index contributed by atoms with van der Waals surface area (Å²) in [6, 6.07) is 8.67. The maximum absolute atomic E-state index is 13.5. The van der Waals surface area contributed by atoms with E-state index in [1.54, 1.807) is 34.0 Å². The molecule has 0 aliphatic heterocycles. The molecule has 0 saturated carbocycles. The van der Waals surface area contributed by atoms with Crippen LogP contribution in [-0.2, 0) is 30.7 Å². The van der Waals surface area contributed by atoms with Crippen molar-refractivity contribution >= 4 is 78.6 Å². The van der Waals surface area contributed by atoms with Crippen LogP contribution in [0.15, 0.2) is 80.7 Å². The van der Waals surface area contributed by atoms with Crippen LogP contribution in [-0.4, -0.2) is 80.3 Å². The van der Waals surface area contributed by atoms with E-state index in [-0.39, 0.29) is 17.2 Å². The molecule has 18 heteroatoms. The Balaban J connectivity index is 0.000000213. The van der Waals surface area contributed by atoms with Crippen molar-refractivity contribution in [2.45, 2.75) is 126 Å². The zero-order valence-corrected chi connectivity index (χ0v) is 46.2. The van der Waals surface area contributed by atoms with Gasteiger partial charge in [-0.1, -0.05) is 10.4 Å². The minimum atomic E-state index is -2.24. The van der Waals surface area contributed by atoms with Gasteiger partial charge in [-0.3, -0.25) is 14.2 Å². The Bertz CT molecular complexity index is 2390. The van der Waals surface area contributed by atoms with E-state index in [1.807, 2.05) is 29.4 Å². The van der Waals surface area contributed by atoms with Gasteiger partial charge in [0.2, 0.25) is 0 Å². The minimum Gasteiger partial charge on any atom is -0.294 e. The van der Waals surface area contributed by atoms with Crippen molar-refractivity contribution in [2.75, 3.05) is 6.61 Å². The zero-order chi connectivity index (χ0) is 46.8. The molecule has 0 saturated heterocycles. The molecule has 0 spiro atoms. The number of Topliss-reactive ketones (excluding diaryl/α,β-unsaturated/α-hetero) is 1. The summed E-state index contributed by atoms with van der Waals surface area (Å²) in [5.41, 5.74) is 5.32. The smallest absolute Gasteiger partial charge is 0.162 e. The molecule has 0 aliphatic carbocycles. The monoisotopic (exact) mass is 1230 g/mol. The van der Waals surface area contributed by atoms with Crippen LogP contribution in [0.3, 0.4) is 0 Å². The van der Waals surface area contributed by atoms with Crippen molar-refractivity contribution < 1.29 is 18.3 Å². The van der Waals surface area contributed by atoms with Gasteiger partial charge in [0.15, 0.2) is 5.78 Å². The second kappa shape index (κ2) is 26.7. The van der Waals surface area contributed by atoms with E-state index in [0.717, 1.165) is 60.7 Å². The molecule has 4 aromatic heterocycles. The van der Waals surface area contributed by atoms with Crippen molar-refractivity contribution in [1.82, 2.24) is 49.5 Å². The summed E-state index contributed by atoms with van der Waals surface area (Å²) in [6.45, 7) is 21.2. The van der Waals surface area contributed by atoms with Gasteiger partial charge in [0.25, 0.3) is 0 Å². The first-order valence-electron chi connectivity index (χ1n) is 22.1. The molecule has 4 heterocycles. The third-order valence-electron chi connectivity index (χ3n) is 10.9.